The Kier molecular flexibility index (Phi) is 7.67. The SMILES string of the molecule is CC(C)(C)Cc1nc2c(Oc3ccccc3)nnc(Oc3ccccc3)c2n1Cc1ccc(-c2ccccc2-c2nnn[nH]2)cc1. The van der Waals surface area contributed by atoms with Crippen LogP contribution in [0.3, 0.4) is 0 Å². The van der Waals surface area contributed by atoms with Crippen molar-refractivity contribution in [2.24, 2.45) is 5.41 Å². The zero-order valence-electron chi connectivity index (χ0n) is 25.8. The molecule has 228 valence electrons. The first-order chi connectivity index (χ1) is 22.4. The van der Waals surface area contributed by atoms with Gasteiger partial charge in [-0.2, -0.15) is 0 Å². The van der Waals surface area contributed by atoms with Gasteiger partial charge in [-0.15, -0.1) is 15.3 Å². The highest BCUT2D eigenvalue weighted by Crippen LogP contribution is 2.37. The number of para-hydroxylation sites is 2. The molecule has 0 aliphatic rings. The number of imidazole rings is 1. The van der Waals surface area contributed by atoms with Crippen LogP contribution in [0.25, 0.3) is 33.5 Å². The third-order valence-corrected chi connectivity index (χ3v) is 7.42. The zero-order chi connectivity index (χ0) is 31.5. The van der Waals surface area contributed by atoms with E-state index in [-0.39, 0.29) is 5.41 Å². The summed E-state index contributed by atoms with van der Waals surface area (Å²) in [6, 6.07) is 35.7. The van der Waals surface area contributed by atoms with E-state index in [9.17, 15) is 0 Å². The second kappa shape index (κ2) is 12.2. The van der Waals surface area contributed by atoms with E-state index in [2.05, 4.69) is 86.5 Å². The minimum absolute atomic E-state index is 0.0377. The van der Waals surface area contributed by atoms with Gasteiger partial charge in [0.2, 0.25) is 0 Å². The largest absolute Gasteiger partial charge is 0.436 e. The molecule has 10 nitrogen and oxygen atoms in total. The van der Waals surface area contributed by atoms with E-state index >= 15 is 0 Å². The average Bonchev–Trinajstić information content (AvgIpc) is 3.72. The summed E-state index contributed by atoms with van der Waals surface area (Å²) in [4.78, 5) is 5.13. The van der Waals surface area contributed by atoms with Gasteiger partial charge in [0.05, 0.1) is 0 Å². The fraction of sp³-hybridized carbons (Fsp3) is 0.167. The van der Waals surface area contributed by atoms with Crippen molar-refractivity contribution in [3.63, 3.8) is 0 Å². The fourth-order valence-corrected chi connectivity index (χ4v) is 5.35. The number of ether oxygens (including phenoxy) is 2. The zero-order valence-corrected chi connectivity index (χ0v) is 25.8. The molecule has 0 spiro atoms. The van der Waals surface area contributed by atoms with Gasteiger partial charge < -0.3 is 14.0 Å². The molecule has 0 aliphatic heterocycles. The minimum Gasteiger partial charge on any atom is -0.436 e. The molecule has 7 aromatic rings. The number of hydrogen-bond acceptors (Lipinski definition) is 8. The molecule has 3 aromatic heterocycles. The van der Waals surface area contributed by atoms with Crippen molar-refractivity contribution in [1.29, 1.82) is 0 Å². The summed E-state index contributed by atoms with van der Waals surface area (Å²) in [6.45, 7) is 7.14. The number of fused-ring (bicyclic) bond motifs is 1. The molecule has 0 unspecified atom stereocenters. The van der Waals surface area contributed by atoms with Crippen LogP contribution >= 0.6 is 0 Å². The molecule has 3 heterocycles. The Labute approximate surface area is 266 Å². The number of benzene rings is 4. The lowest BCUT2D eigenvalue weighted by molar-refractivity contribution is 0.394. The Morgan fingerprint density at radius 3 is 1.91 bits per heavy atom. The number of H-pyrrole nitrogens is 1. The molecule has 0 saturated heterocycles. The third-order valence-electron chi connectivity index (χ3n) is 7.42. The molecule has 4 aromatic carbocycles. The van der Waals surface area contributed by atoms with Gasteiger partial charge in [-0.25, -0.2) is 10.1 Å². The molecule has 0 aliphatic carbocycles. The third kappa shape index (κ3) is 6.18. The lowest BCUT2D eigenvalue weighted by Gasteiger charge is -2.19. The molecule has 7 rings (SSSR count). The predicted molar refractivity (Wildman–Crippen MR) is 176 cm³/mol. The monoisotopic (exact) mass is 608 g/mol. The van der Waals surface area contributed by atoms with Crippen molar-refractivity contribution in [3.05, 3.63) is 121 Å². The number of rotatable bonds is 9. The lowest BCUT2D eigenvalue weighted by Crippen LogP contribution is -2.15. The molecular formula is C36H32N8O2. The molecule has 0 amide bonds. The van der Waals surface area contributed by atoms with E-state index in [0.29, 0.717) is 47.6 Å². The first-order valence-electron chi connectivity index (χ1n) is 15.1. The molecule has 46 heavy (non-hydrogen) atoms. The maximum absolute atomic E-state index is 6.34. The van der Waals surface area contributed by atoms with Crippen LogP contribution in [-0.2, 0) is 13.0 Å². The first-order valence-corrected chi connectivity index (χ1v) is 15.1. The van der Waals surface area contributed by atoms with Crippen molar-refractivity contribution in [1.82, 2.24) is 40.4 Å². The van der Waals surface area contributed by atoms with Gasteiger partial charge in [0.15, 0.2) is 11.3 Å². The summed E-state index contributed by atoms with van der Waals surface area (Å²) in [7, 11) is 0. The average molecular weight is 609 g/mol. The fourth-order valence-electron chi connectivity index (χ4n) is 5.35. The van der Waals surface area contributed by atoms with Crippen LogP contribution in [-0.4, -0.2) is 40.4 Å². The van der Waals surface area contributed by atoms with Gasteiger partial charge in [-0.05, 0) is 56.8 Å². The van der Waals surface area contributed by atoms with Crippen LogP contribution < -0.4 is 9.47 Å². The summed E-state index contributed by atoms with van der Waals surface area (Å²) in [5.74, 6) is 3.51. The van der Waals surface area contributed by atoms with E-state index in [4.69, 9.17) is 14.5 Å². The molecular weight excluding hydrogens is 576 g/mol. The van der Waals surface area contributed by atoms with Crippen LogP contribution in [0.1, 0.15) is 32.2 Å². The van der Waals surface area contributed by atoms with E-state index in [0.717, 1.165) is 33.6 Å². The smallest absolute Gasteiger partial charge is 0.267 e. The summed E-state index contributed by atoms with van der Waals surface area (Å²) in [5, 5.41) is 23.5. The van der Waals surface area contributed by atoms with E-state index in [1.165, 1.54) is 0 Å². The van der Waals surface area contributed by atoms with E-state index in [1.807, 2.05) is 78.9 Å². The van der Waals surface area contributed by atoms with Gasteiger partial charge in [0, 0.05) is 18.5 Å². The van der Waals surface area contributed by atoms with Gasteiger partial charge in [0.25, 0.3) is 11.8 Å². The van der Waals surface area contributed by atoms with Crippen molar-refractivity contribution in [3.8, 4) is 45.8 Å². The summed E-state index contributed by atoms with van der Waals surface area (Å²) in [5.41, 5.74) is 5.38. The van der Waals surface area contributed by atoms with Gasteiger partial charge in [0.1, 0.15) is 22.8 Å². The lowest BCUT2D eigenvalue weighted by atomic mass is 9.92. The van der Waals surface area contributed by atoms with E-state index in [1.54, 1.807) is 0 Å². The molecule has 0 atom stereocenters. The number of hydrogen-bond donors (Lipinski definition) is 1. The second-order valence-electron chi connectivity index (χ2n) is 12.2. The van der Waals surface area contributed by atoms with Crippen LogP contribution in [0.5, 0.6) is 23.3 Å². The van der Waals surface area contributed by atoms with Crippen LogP contribution in [0.15, 0.2) is 109 Å². The van der Waals surface area contributed by atoms with Gasteiger partial charge >= 0.3 is 0 Å². The number of tetrazole rings is 1. The number of aromatic amines is 1. The summed E-state index contributed by atoms with van der Waals surface area (Å²) < 4.78 is 14.7. The molecule has 0 bridgehead atoms. The predicted octanol–water partition coefficient (Wildman–Crippen LogP) is 7.89. The highest BCUT2D eigenvalue weighted by Gasteiger charge is 2.25. The van der Waals surface area contributed by atoms with Crippen molar-refractivity contribution in [2.45, 2.75) is 33.7 Å². The number of nitrogens with zero attached hydrogens (tertiary/aromatic N) is 7. The number of nitrogens with one attached hydrogen (secondary N) is 1. The Hall–Kier alpha value is -5.90. The quantitative estimate of drug-likeness (QED) is 0.176. The Bertz CT molecular complexity index is 2070. The Balaban J connectivity index is 1.32. The van der Waals surface area contributed by atoms with Crippen LogP contribution in [0.2, 0.25) is 0 Å². The Morgan fingerprint density at radius 1 is 0.674 bits per heavy atom. The maximum atomic E-state index is 6.34. The highest BCUT2D eigenvalue weighted by atomic mass is 16.5. The molecule has 1 N–H and O–H groups in total. The van der Waals surface area contributed by atoms with Gasteiger partial charge in [-0.1, -0.05) is 106 Å². The van der Waals surface area contributed by atoms with Crippen molar-refractivity contribution < 1.29 is 9.47 Å². The molecule has 0 saturated carbocycles. The molecule has 0 fully saturated rings. The Morgan fingerprint density at radius 2 is 1.28 bits per heavy atom. The normalized spacial score (nSPS) is 11.5. The summed E-state index contributed by atoms with van der Waals surface area (Å²) in [6.07, 6.45) is 0.716. The minimum atomic E-state index is -0.0377. The number of aromatic nitrogens is 8. The standard InChI is InChI=1S/C36H32N8O2/c1-36(2,3)22-30-37-31-32(35(46-27-14-8-5-9-15-27)41-40-34(31)45-26-12-6-4-7-13-26)44(30)23-24-18-20-25(21-19-24)28-16-10-11-17-29(28)33-38-42-43-39-33/h4-21H,22-23H2,1-3H3,(H,38,39,42,43). The topological polar surface area (TPSA) is 117 Å². The van der Waals surface area contributed by atoms with E-state index < -0.39 is 0 Å². The van der Waals surface area contributed by atoms with Crippen LogP contribution in [0, 0.1) is 5.41 Å². The highest BCUT2D eigenvalue weighted by molar-refractivity contribution is 5.86. The summed E-state index contributed by atoms with van der Waals surface area (Å²) >= 11 is 0. The van der Waals surface area contributed by atoms with Crippen LogP contribution in [0.4, 0.5) is 0 Å². The first kappa shape index (κ1) is 28.8. The molecule has 10 heteroatoms. The van der Waals surface area contributed by atoms with Gasteiger partial charge in [-0.3, -0.25) is 0 Å². The van der Waals surface area contributed by atoms with Crippen molar-refractivity contribution in [2.75, 3.05) is 0 Å². The van der Waals surface area contributed by atoms with Crippen molar-refractivity contribution >= 4 is 11.0 Å². The second-order valence-corrected chi connectivity index (χ2v) is 12.2. The molecule has 0 radical (unpaired) electrons. The maximum Gasteiger partial charge on any atom is 0.267 e.